The van der Waals surface area contributed by atoms with E-state index >= 15 is 0 Å². The molecule has 3 nitrogen and oxygen atoms in total. The van der Waals surface area contributed by atoms with Gasteiger partial charge in [-0.05, 0) is 36.6 Å². The van der Waals surface area contributed by atoms with Crippen molar-refractivity contribution < 1.29 is 9.53 Å². The highest BCUT2D eigenvalue weighted by Gasteiger charge is 2.26. The van der Waals surface area contributed by atoms with Crippen LogP contribution in [0.1, 0.15) is 36.6 Å². The van der Waals surface area contributed by atoms with Gasteiger partial charge in [-0.2, -0.15) is 0 Å². The first kappa shape index (κ1) is 15.6. The third-order valence-electron chi connectivity index (χ3n) is 3.61. The summed E-state index contributed by atoms with van der Waals surface area (Å²) in [4.78, 5) is 14.4. The van der Waals surface area contributed by atoms with Crippen molar-refractivity contribution in [2.24, 2.45) is 0 Å². The highest BCUT2D eigenvalue weighted by molar-refractivity contribution is 9.10. The zero-order chi connectivity index (χ0) is 14.5. The first-order chi connectivity index (χ1) is 9.63. The van der Waals surface area contributed by atoms with Crippen LogP contribution in [-0.2, 0) is 4.79 Å². The summed E-state index contributed by atoms with van der Waals surface area (Å²) < 4.78 is 6.04. The van der Waals surface area contributed by atoms with Crippen molar-refractivity contribution in [3.63, 3.8) is 0 Å². The fourth-order valence-electron chi connectivity index (χ4n) is 2.43. The normalized spacial score (nSPS) is 17.4. The molecule has 1 aromatic carbocycles. The summed E-state index contributed by atoms with van der Waals surface area (Å²) in [5.74, 6) is 0.694. The largest absolute Gasteiger partial charge is 0.497 e. The third kappa shape index (κ3) is 3.67. The van der Waals surface area contributed by atoms with E-state index in [4.69, 9.17) is 16.3 Å². The number of hydrogen-bond donors (Lipinski definition) is 0. The van der Waals surface area contributed by atoms with Gasteiger partial charge in [-0.25, -0.2) is 0 Å². The van der Waals surface area contributed by atoms with Crippen molar-refractivity contribution in [2.45, 2.75) is 31.1 Å². The number of amides is 1. The molecule has 1 heterocycles. The van der Waals surface area contributed by atoms with E-state index in [-0.39, 0.29) is 5.91 Å². The van der Waals surface area contributed by atoms with Gasteiger partial charge in [-0.1, -0.05) is 28.8 Å². The number of halogens is 2. The highest BCUT2D eigenvalue weighted by Crippen LogP contribution is 2.33. The number of benzene rings is 1. The van der Waals surface area contributed by atoms with Crippen molar-refractivity contribution in [1.29, 1.82) is 0 Å². The second-order valence-electron chi connectivity index (χ2n) is 4.99. The number of carbonyl (C=O) groups excluding carboxylic acids is 1. The van der Waals surface area contributed by atoms with E-state index in [1.165, 1.54) is 12.8 Å². The number of carbonyl (C=O) groups is 1. The topological polar surface area (TPSA) is 29.5 Å². The molecule has 110 valence electrons. The smallest absolute Gasteiger partial charge is 0.245 e. The average Bonchev–Trinajstić information content (AvgIpc) is 2.75. The Bertz CT molecular complexity index is 473. The first-order valence-electron chi connectivity index (χ1n) is 6.90. The van der Waals surface area contributed by atoms with Crippen molar-refractivity contribution in [3.05, 3.63) is 28.2 Å². The molecule has 2 rings (SSSR count). The van der Waals surface area contributed by atoms with Gasteiger partial charge in [0, 0.05) is 17.6 Å². The lowest BCUT2D eigenvalue weighted by Crippen LogP contribution is -2.34. The molecule has 1 atom stereocenters. The Morgan fingerprint density at radius 3 is 2.55 bits per heavy atom. The standard InChI is InChI=1S/C15H19BrClNO2/c1-20-11-6-7-13(16)12(10-11)14(17)15(19)18-8-4-2-3-5-9-18/h6-7,10,14H,2-5,8-9H2,1H3. The van der Waals surface area contributed by atoms with Crippen LogP contribution in [0.4, 0.5) is 0 Å². The van der Waals surface area contributed by atoms with Crippen molar-refractivity contribution in [3.8, 4) is 5.75 Å². The van der Waals surface area contributed by atoms with Crippen LogP contribution in [0.2, 0.25) is 0 Å². The fourth-order valence-corrected chi connectivity index (χ4v) is 3.35. The van der Waals surface area contributed by atoms with E-state index in [0.717, 1.165) is 36.0 Å². The van der Waals surface area contributed by atoms with Gasteiger partial charge in [0.15, 0.2) is 0 Å². The SMILES string of the molecule is COc1ccc(Br)c(C(Cl)C(=O)N2CCCCCC2)c1. The van der Waals surface area contributed by atoms with Crippen LogP contribution in [0.3, 0.4) is 0 Å². The van der Waals surface area contributed by atoms with E-state index in [0.29, 0.717) is 5.75 Å². The van der Waals surface area contributed by atoms with Crippen LogP contribution in [0.25, 0.3) is 0 Å². The molecular weight excluding hydrogens is 342 g/mol. The molecule has 1 aromatic rings. The summed E-state index contributed by atoms with van der Waals surface area (Å²) in [6.07, 6.45) is 4.52. The lowest BCUT2D eigenvalue weighted by molar-refractivity contribution is -0.130. The van der Waals surface area contributed by atoms with Crippen LogP contribution >= 0.6 is 27.5 Å². The predicted octanol–water partition coefficient (Wildman–Crippen LogP) is 4.14. The van der Waals surface area contributed by atoms with Crippen LogP contribution in [-0.4, -0.2) is 31.0 Å². The number of rotatable bonds is 3. The zero-order valence-electron chi connectivity index (χ0n) is 11.6. The molecule has 1 amide bonds. The fraction of sp³-hybridized carbons (Fsp3) is 0.533. The summed E-state index contributed by atoms with van der Waals surface area (Å²) in [5.41, 5.74) is 0.764. The van der Waals surface area contributed by atoms with Crippen LogP contribution in [0, 0.1) is 0 Å². The average molecular weight is 361 g/mol. The van der Waals surface area contributed by atoms with Gasteiger partial charge >= 0.3 is 0 Å². The second kappa shape index (κ2) is 7.32. The molecule has 0 aromatic heterocycles. The molecule has 1 fully saturated rings. The Balaban J connectivity index is 2.16. The van der Waals surface area contributed by atoms with Gasteiger partial charge in [0.25, 0.3) is 0 Å². The van der Waals surface area contributed by atoms with Crippen molar-refractivity contribution >= 4 is 33.4 Å². The maximum Gasteiger partial charge on any atom is 0.245 e. The lowest BCUT2D eigenvalue weighted by Gasteiger charge is -2.24. The Morgan fingerprint density at radius 1 is 1.30 bits per heavy atom. The molecule has 1 unspecified atom stereocenters. The van der Waals surface area contributed by atoms with Gasteiger partial charge in [0.1, 0.15) is 11.1 Å². The third-order valence-corrected chi connectivity index (χ3v) is 4.75. The minimum absolute atomic E-state index is 0.0116. The Kier molecular flexibility index (Phi) is 5.73. The number of likely N-dealkylation sites (tertiary alicyclic amines) is 1. The molecule has 0 N–H and O–H groups in total. The molecule has 0 radical (unpaired) electrons. The van der Waals surface area contributed by atoms with Crippen LogP contribution < -0.4 is 4.74 Å². The maximum atomic E-state index is 12.5. The van der Waals surface area contributed by atoms with Gasteiger partial charge in [-0.15, -0.1) is 11.6 Å². The van der Waals surface area contributed by atoms with E-state index in [1.54, 1.807) is 7.11 Å². The Morgan fingerprint density at radius 2 is 1.95 bits per heavy atom. The van der Waals surface area contributed by atoms with Crippen molar-refractivity contribution in [1.82, 2.24) is 4.90 Å². The first-order valence-corrected chi connectivity index (χ1v) is 8.12. The minimum atomic E-state index is -0.669. The summed E-state index contributed by atoms with van der Waals surface area (Å²) in [7, 11) is 1.60. The van der Waals surface area contributed by atoms with E-state index < -0.39 is 5.38 Å². The summed E-state index contributed by atoms with van der Waals surface area (Å²) in [5, 5.41) is -0.669. The summed E-state index contributed by atoms with van der Waals surface area (Å²) in [6.45, 7) is 1.62. The predicted molar refractivity (Wildman–Crippen MR) is 84.3 cm³/mol. The molecule has 1 saturated heterocycles. The van der Waals surface area contributed by atoms with E-state index in [9.17, 15) is 4.79 Å². The molecule has 0 spiro atoms. The molecule has 5 heteroatoms. The summed E-state index contributed by atoms with van der Waals surface area (Å²) >= 11 is 9.86. The van der Waals surface area contributed by atoms with E-state index in [1.807, 2.05) is 23.1 Å². The van der Waals surface area contributed by atoms with Gasteiger partial charge in [0.2, 0.25) is 5.91 Å². The molecule has 1 aliphatic rings. The number of methoxy groups -OCH3 is 1. The quantitative estimate of drug-likeness (QED) is 0.758. The number of alkyl halides is 1. The van der Waals surface area contributed by atoms with Gasteiger partial charge < -0.3 is 9.64 Å². The second-order valence-corrected chi connectivity index (χ2v) is 6.28. The van der Waals surface area contributed by atoms with Gasteiger partial charge in [-0.3, -0.25) is 4.79 Å². The zero-order valence-corrected chi connectivity index (χ0v) is 13.9. The number of ether oxygens (including phenoxy) is 1. The molecule has 0 bridgehead atoms. The summed E-state index contributed by atoms with van der Waals surface area (Å²) in [6, 6.07) is 5.52. The molecule has 1 aliphatic heterocycles. The van der Waals surface area contributed by atoms with Crippen LogP contribution in [0.15, 0.2) is 22.7 Å². The van der Waals surface area contributed by atoms with Crippen LogP contribution in [0.5, 0.6) is 5.75 Å². The Hall–Kier alpha value is -0.740. The molecule has 20 heavy (non-hydrogen) atoms. The molecule has 0 saturated carbocycles. The number of nitrogens with zero attached hydrogens (tertiary/aromatic N) is 1. The highest BCUT2D eigenvalue weighted by atomic mass is 79.9. The van der Waals surface area contributed by atoms with E-state index in [2.05, 4.69) is 15.9 Å². The minimum Gasteiger partial charge on any atom is -0.497 e. The van der Waals surface area contributed by atoms with Crippen molar-refractivity contribution in [2.75, 3.05) is 20.2 Å². The number of hydrogen-bond acceptors (Lipinski definition) is 2. The molecular formula is C15H19BrClNO2. The molecule has 0 aliphatic carbocycles. The van der Waals surface area contributed by atoms with Gasteiger partial charge in [0.05, 0.1) is 7.11 Å². The lowest BCUT2D eigenvalue weighted by atomic mass is 10.1. The monoisotopic (exact) mass is 359 g/mol. The maximum absolute atomic E-state index is 12.5. The Labute approximate surface area is 133 Å².